The smallest absolute Gasteiger partial charge is 0.140 e. The van der Waals surface area contributed by atoms with Crippen LogP contribution in [0.15, 0.2) is 66.9 Å². The van der Waals surface area contributed by atoms with E-state index in [-0.39, 0.29) is 0 Å². The lowest BCUT2D eigenvalue weighted by molar-refractivity contribution is -0.297. The molecule has 0 bridgehead atoms. The van der Waals surface area contributed by atoms with E-state index < -0.39 is 5.97 Å². The fourth-order valence-corrected chi connectivity index (χ4v) is 3.94. The minimum atomic E-state index is -1.22. The van der Waals surface area contributed by atoms with Gasteiger partial charge in [0.25, 0.3) is 0 Å². The van der Waals surface area contributed by atoms with Crippen molar-refractivity contribution < 1.29 is 14.6 Å². The van der Waals surface area contributed by atoms with Crippen LogP contribution in [0.3, 0.4) is 0 Å². The highest BCUT2D eigenvalue weighted by Gasteiger charge is 2.20. The second-order valence-electron chi connectivity index (χ2n) is 7.64. The fourth-order valence-electron chi connectivity index (χ4n) is 3.94. The van der Waals surface area contributed by atoms with E-state index in [1.807, 2.05) is 60.8 Å². The highest BCUT2D eigenvalue weighted by atomic mass is 16.5. The van der Waals surface area contributed by atoms with Gasteiger partial charge in [0.15, 0.2) is 0 Å². The zero-order valence-electron chi connectivity index (χ0n) is 16.9. The summed E-state index contributed by atoms with van der Waals surface area (Å²) in [5.41, 5.74) is 2.74. The summed E-state index contributed by atoms with van der Waals surface area (Å²) in [6.07, 6.45) is 10.4. The third-order valence-corrected chi connectivity index (χ3v) is 5.47. The second kappa shape index (κ2) is 9.44. The van der Waals surface area contributed by atoms with Gasteiger partial charge < -0.3 is 19.2 Å². The second-order valence-corrected chi connectivity index (χ2v) is 7.64. The Morgan fingerprint density at radius 2 is 1.80 bits per heavy atom. The lowest BCUT2D eigenvalue weighted by Gasteiger charge is -2.24. The van der Waals surface area contributed by atoms with Gasteiger partial charge in [0, 0.05) is 17.8 Å². The highest BCUT2D eigenvalue weighted by molar-refractivity contribution is 5.83. The summed E-state index contributed by atoms with van der Waals surface area (Å²) in [6, 6.07) is 18.4. The standard InChI is InChI=1S/C25H26N2O3/c28-24(29)16-13-21-17-27(22-9-5-2-6-10-22)25(26-21)20-11-14-23(15-12-20)30-18-19-7-3-1-4-8-19/h1,3-4,7-8,11-17,22H,2,5-6,9-10,18H2,(H,28,29)/p-1/b16-13+. The number of carbonyl (C=O) groups excluding carboxylic acids is 1. The van der Waals surface area contributed by atoms with Crippen molar-refractivity contribution in [2.24, 2.45) is 0 Å². The van der Waals surface area contributed by atoms with Crippen LogP contribution in [0.25, 0.3) is 17.5 Å². The summed E-state index contributed by atoms with van der Waals surface area (Å²) in [7, 11) is 0. The maximum absolute atomic E-state index is 10.8. The molecule has 5 heteroatoms. The van der Waals surface area contributed by atoms with Crippen molar-refractivity contribution in [2.45, 2.75) is 44.8 Å². The molecular formula is C25H25N2O3-. The van der Waals surface area contributed by atoms with Gasteiger partial charge in [0.2, 0.25) is 0 Å². The molecule has 1 aliphatic carbocycles. The quantitative estimate of drug-likeness (QED) is 0.551. The summed E-state index contributed by atoms with van der Waals surface area (Å²) in [5, 5.41) is 10.8. The number of aliphatic carboxylic acids is 1. The third-order valence-electron chi connectivity index (χ3n) is 5.47. The fraction of sp³-hybridized carbons (Fsp3) is 0.280. The molecule has 0 saturated heterocycles. The van der Waals surface area contributed by atoms with E-state index in [2.05, 4.69) is 4.57 Å². The molecule has 1 fully saturated rings. The first-order valence-electron chi connectivity index (χ1n) is 10.4. The Morgan fingerprint density at radius 1 is 1.07 bits per heavy atom. The van der Waals surface area contributed by atoms with Gasteiger partial charge in [-0.15, -0.1) is 0 Å². The molecule has 0 unspecified atom stereocenters. The van der Waals surface area contributed by atoms with E-state index >= 15 is 0 Å². The topological polar surface area (TPSA) is 67.2 Å². The van der Waals surface area contributed by atoms with E-state index in [9.17, 15) is 9.90 Å². The molecule has 1 aliphatic rings. The summed E-state index contributed by atoms with van der Waals surface area (Å²) in [4.78, 5) is 15.5. The Morgan fingerprint density at radius 3 is 2.50 bits per heavy atom. The lowest BCUT2D eigenvalue weighted by atomic mass is 9.95. The molecule has 154 valence electrons. The van der Waals surface area contributed by atoms with Crippen molar-refractivity contribution in [3.63, 3.8) is 0 Å². The van der Waals surface area contributed by atoms with Crippen LogP contribution >= 0.6 is 0 Å². The van der Waals surface area contributed by atoms with Crippen molar-refractivity contribution in [3.05, 3.63) is 78.1 Å². The molecule has 0 spiro atoms. The van der Waals surface area contributed by atoms with Gasteiger partial charge in [-0.25, -0.2) is 4.98 Å². The molecule has 3 aromatic rings. The number of ether oxygens (including phenoxy) is 1. The van der Waals surface area contributed by atoms with Crippen molar-refractivity contribution in [1.29, 1.82) is 0 Å². The summed E-state index contributed by atoms with van der Waals surface area (Å²) < 4.78 is 8.09. The van der Waals surface area contributed by atoms with Gasteiger partial charge in [-0.3, -0.25) is 0 Å². The first-order valence-corrected chi connectivity index (χ1v) is 10.4. The number of carboxylic acids is 1. The zero-order valence-corrected chi connectivity index (χ0v) is 16.9. The Labute approximate surface area is 176 Å². The maximum Gasteiger partial charge on any atom is 0.140 e. The largest absolute Gasteiger partial charge is 0.545 e. The van der Waals surface area contributed by atoms with Crippen LogP contribution in [-0.2, 0) is 11.4 Å². The molecule has 5 nitrogen and oxygen atoms in total. The van der Waals surface area contributed by atoms with Gasteiger partial charge in [-0.1, -0.05) is 49.6 Å². The van der Waals surface area contributed by atoms with Crippen LogP contribution in [0.4, 0.5) is 0 Å². The number of imidazole rings is 1. The normalized spacial score (nSPS) is 14.8. The van der Waals surface area contributed by atoms with Crippen molar-refractivity contribution in [3.8, 4) is 17.1 Å². The summed E-state index contributed by atoms with van der Waals surface area (Å²) in [5.74, 6) is 0.439. The molecule has 4 rings (SSSR count). The molecule has 1 saturated carbocycles. The number of hydrogen-bond acceptors (Lipinski definition) is 4. The molecule has 0 aliphatic heterocycles. The van der Waals surface area contributed by atoms with Crippen LogP contribution in [0.2, 0.25) is 0 Å². The van der Waals surface area contributed by atoms with Gasteiger partial charge in [-0.05, 0) is 54.8 Å². The minimum absolute atomic E-state index is 0.389. The SMILES string of the molecule is O=C([O-])/C=C/c1cn(C2CCCCC2)c(-c2ccc(OCc3ccccc3)cc2)n1. The molecule has 1 heterocycles. The number of benzene rings is 2. The number of hydrogen-bond donors (Lipinski definition) is 0. The van der Waals surface area contributed by atoms with Crippen molar-refractivity contribution >= 4 is 12.0 Å². The Hall–Kier alpha value is -3.34. The molecule has 1 aromatic heterocycles. The average Bonchev–Trinajstić information content (AvgIpc) is 3.22. The average molecular weight is 401 g/mol. The first-order chi connectivity index (χ1) is 14.7. The minimum Gasteiger partial charge on any atom is -0.545 e. The van der Waals surface area contributed by atoms with Crippen LogP contribution in [0.1, 0.15) is 49.4 Å². The molecule has 0 amide bonds. The molecule has 0 radical (unpaired) electrons. The molecule has 2 aromatic carbocycles. The van der Waals surface area contributed by atoms with Crippen molar-refractivity contribution in [1.82, 2.24) is 9.55 Å². The molecular weight excluding hydrogens is 376 g/mol. The number of nitrogens with zero attached hydrogens (tertiary/aromatic N) is 2. The molecule has 30 heavy (non-hydrogen) atoms. The van der Waals surface area contributed by atoms with Gasteiger partial charge >= 0.3 is 0 Å². The van der Waals surface area contributed by atoms with Crippen molar-refractivity contribution in [2.75, 3.05) is 0 Å². The van der Waals surface area contributed by atoms with E-state index in [0.29, 0.717) is 18.3 Å². The van der Waals surface area contributed by atoms with Gasteiger partial charge in [0.05, 0.1) is 11.7 Å². The van der Waals surface area contributed by atoms with E-state index in [1.54, 1.807) is 0 Å². The molecule has 0 atom stereocenters. The van der Waals surface area contributed by atoms with E-state index in [1.165, 1.54) is 25.3 Å². The first kappa shape index (κ1) is 20.0. The van der Waals surface area contributed by atoms with Gasteiger partial charge in [0.1, 0.15) is 18.2 Å². The summed E-state index contributed by atoms with van der Waals surface area (Å²) >= 11 is 0. The maximum atomic E-state index is 10.8. The lowest BCUT2D eigenvalue weighted by Crippen LogP contribution is -2.18. The monoisotopic (exact) mass is 401 g/mol. The predicted octanol–water partition coefficient (Wildman–Crippen LogP) is 4.40. The zero-order chi connectivity index (χ0) is 20.8. The summed E-state index contributed by atoms with van der Waals surface area (Å²) in [6.45, 7) is 0.523. The number of carboxylic acid groups (broad SMARTS) is 1. The van der Waals surface area contributed by atoms with E-state index in [0.717, 1.165) is 41.6 Å². The number of rotatable bonds is 7. The van der Waals surface area contributed by atoms with Gasteiger partial charge in [-0.2, -0.15) is 0 Å². The van der Waals surface area contributed by atoms with Crippen LogP contribution < -0.4 is 9.84 Å². The number of aromatic nitrogens is 2. The Bertz CT molecular complexity index is 1000. The Kier molecular flexibility index (Phi) is 6.28. The Balaban J connectivity index is 1.56. The van der Waals surface area contributed by atoms with Crippen LogP contribution in [0, 0.1) is 0 Å². The predicted molar refractivity (Wildman–Crippen MR) is 115 cm³/mol. The van der Waals surface area contributed by atoms with E-state index in [4.69, 9.17) is 9.72 Å². The van der Waals surface area contributed by atoms with Crippen LogP contribution in [-0.4, -0.2) is 15.5 Å². The highest BCUT2D eigenvalue weighted by Crippen LogP contribution is 2.33. The molecule has 0 N–H and O–H groups in total. The third kappa shape index (κ3) is 4.98. The number of carbonyl (C=O) groups is 1. The van der Waals surface area contributed by atoms with Crippen LogP contribution in [0.5, 0.6) is 5.75 Å².